The van der Waals surface area contributed by atoms with Crippen LogP contribution >= 0.6 is 34.8 Å². The van der Waals surface area contributed by atoms with E-state index in [1.807, 2.05) is 72.8 Å². The molecule has 7 heteroatoms. The van der Waals surface area contributed by atoms with Gasteiger partial charge in [0.15, 0.2) is 0 Å². The summed E-state index contributed by atoms with van der Waals surface area (Å²) in [5.74, 6) is -0.489. The summed E-state index contributed by atoms with van der Waals surface area (Å²) in [5, 5.41) is 4.55. The molecule has 188 valence electrons. The third-order valence-electron chi connectivity index (χ3n) is 5.93. The van der Waals surface area contributed by atoms with Crippen LogP contribution < -0.4 is 5.32 Å². The molecule has 0 unspecified atom stereocenters. The normalized spacial score (nSPS) is 11.5. The van der Waals surface area contributed by atoms with Crippen LogP contribution in [0, 0.1) is 0 Å². The molecule has 4 aromatic carbocycles. The zero-order valence-electron chi connectivity index (χ0n) is 19.9. The summed E-state index contributed by atoms with van der Waals surface area (Å²) < 4.78 is 0. The summed E-state index contributed by atoms with van der Waals surface area (Å²) in [6, 6.07) is 30.4. The molecule has 2 amide bonds. The van der Waals surface area contributed by atoms with Gasteiger partial charge in [-0.1, -0.05) is 114 Å². The van der Waals surface area contributed by atoms with Crippen molar-refractivity contribution in [2.24, 2.45) is 0 Å². The third-order valence-corrected chi connectivity index (χ3v) is 6.77. The van der Waals surface area contributed by atoms with Crippen LogP contribution in [0.4, 0.5) is 0 Å². The van der Waals surface area contributed by atoms with E-state index in [-0.39, 0.29) is 31.3 Å². The number of carbonyl (C=O) groups is 2. The van der Waals surface area contributed by atoms with Crippen LogP contribution in [0.5, 0.6) is 0 Å². The number of hydrogen-bond donors (Lipinski definition) is 1. The topological polar surface area (TPSA) is 49.4 Å². The summed E-state index contributed by atoms with van der Waals surface area (Å²) >= 11 is 18.4. The van der Waals surface area contributed by atoms with E-state index >= 15 is 0 Å². The van der Waals surface area contributed by atoms with Crippen molar-refractivity contribution >= 4 is 46.6 Å². The average Bonchev–Trinajstić information content (AvgIpc) is 2.90. The van der Waals surface area contributed by atoms with Gasteiger partial charge < -0.3 is 10.2 Å². The van der Waals surface area contributed by atoms with Crippen molar-refractivity contribution in [2.45, 2.75) is 25.6 Å². The fourth-order valence-electron chi connectivity index (χ4n) is 4.03. The van der Waals surface area contributed by atoms with E-state index < -0.39 is 6.04 Å². The molecule has 0 fully saturated rings. The number of halogens is 3. The summed E-state index contributed by atoms with van der Waals surface area (Å²) in [6.45, 7) is 0.463. The van der Waals surface area contributed by atoms with E-state index in [0.717, 1.165) is 16.7 Å². The highest BCUT2D eigenvalue weighted by molar-refractivity contribution is 6.35. The molecule has 0 aliphatic rings. The Morgan fingerprint density at radius 2 is 1.35 bits per heavy atom. The molecule has 0 saturated heterocycles. The Morgan fingerprint density at radius 3 is 2.00 bits per heavy atom. The second kappa shape index (κ2) is 12.8. The first-order valence-electron chi connectivity index (χ1n) is 11.7. The minimum Gasteiger partial charge on any atom is -0.350 e. The Morgan fingerprint density at radius 1 is 0.730 bits per heavy atom. The van der Waals surface area contributed by atoms with Gasteiger partial charge in [-0.15, -0.1) is 0 Å². The second-order valence-electron chi connectivity index (χ2n) is 8.58. The Balaban J connectivity index is 1.66. The zero-order valence-corrected chi connectivity index (χ0v) is 22.2. The molecule has 0 saturated carbocycles. The number of amides is 2. The lowest BCUT2D eigenvalue weighted by atomic mass is 10.0. The van der Waals surface area contributed by atoms with Crippen LogP contribution in [0.3, 0.4) is 0 Å². The van der Waals surface area contributed by atoms with Gasteiger partial charge in [0.1, 0.15) is 6.04 Å². The zero-order chi connectivity index (χ0) is 26.2. The van der Waals surface area contributed by atoms with Crippen molar-refractivity contribution in [3.63, 3.8) is 0 Å². The van der Waals surface area contributed by atoms with E-state index in [4.69, 9.17) is 34.8 Å². The highest BCUT2D eigenvalue weighted by atomic mass is 35.5. The molecule has 0 aromatic heterocycles. The van der Waals surface area contributed by atoms with Crippen molar-refractivity contribution in [1.29, 1.82) is 0 Å². The molecular weight excluding hydrogens is 527 g/mol. The van der Waals surface area contributed by atoms with Crippen molar-refractivity contribution in [1.82, 2.24) is 10.2 Å². The number of nitrogens with zero attached hydrogens (tertiary/aromatic N) is 1. The van der Waals surface area contributed by atoms with Gasteiger partial charge in [-0.2, -0.15) is 0 Å². The monoisotopic (exact) mass is 550 g/mol. The van der Waals surface area contributed by atoms with Gasteiger partial charge in [-0.25, -0.2) is 0 Å². The first kappa shape index (κ1) is 26.7. The van der Waals surface area contributed by atoms with E-state index in [1.165, 1.54) is 0 Å². The van der Waals surface area contributed by atoms with Crippen LogP contribution in [0.25, 0.3) is 0 Å². The number of nitrogens with one attached hydrogen (secondary N) is 1. The average molecular weight is 552 g/mol. The van der Waals surface area contributed by atoms with Crippen LogP contribution in [0.1, 0.15) is 28.3 Å². The third kappa shape index (κ3) is 7.36. The van der Waals surface area contributed by atoms with E-state index in [0.29, 0.717) is 20.6 Å². The standard InChI is InChI=1S/C30H25Cl3N2O2/c31-25-14-11-21(12-15-25)17-28(36)35(20-22-7-3-1-4-8-22)29(23-9-5-2-6-10-23)30(37)34-19-24-13-16-26(32)18-27(24)33/h1-16,18,29H,17,19-20H2,(H,34,37)/t29-/m1/s1. The number of carbonyl (C=O) groups excluding carboxylic acids is 2. The minimum absolute atomic E-state index is 0.129. The molecule has 37 heavy (non-hydrogen) atoms. The summed E-state index contributed by atoms with van der Waals surface area (Å²) in [5.41, 5.74) is 3.17. The van der Waals surface area contributed by atoms with Gasteiger partial charge in [-0.05, 0) is 46.5 Å². The molecular formula is C30H25Cl3N2O2. The van der Waals surface area contributed by atoms with Crippen LogP contribution in [-0.2, 0) is 29.1 Å². The molecule has 4 aromatic rings. The highest BCUT2D eigenvalue weighted by Gasteiger charge is 2.31. The molecule has 0 spiro atoms. The molecule has 0 radical (unpaired) electrons. The highest BCUT2D eigenvalue weighted by Crippen LogP contribution is 2.26. The number of rotatable bonds is 9. The first-order chi connectivity index (χ1) is 17.9. The molecule has 1 N–H and O–H groups in total. The maximum atomic E-state index is 13.8. The van der Waals surface area contributed by atoms with Crippen molar-refractivity contribution in [3.8, 4) is 0 Å². The Hall–Kier alpha value is -3.31. The Kier molecular flexibility index (Phi) is 9.24. The predicted molar refractivity (Wildman–Crippen MR) is 150 cm³/mol. The molecule has 0 bridgehead atoms. The van der Waals surface area contributed by atoms with E-state index in [9.17, 15) is 9.59 Å². The largest absolute Gasteiger partial charge is 0.350 e. The molecule has 1 atom stereocenters. The fourth-order valence-corrected chi connectivity index (χ4v) is 4.64. The minimum atomic E-state index is -0.854. The smallest absolute Gasteiger partial charge is 0.247 e. The van der Waals surface area contributed by atoms with Gasteiger partial charge in [0.05, 0.1) is 6.42 Å². The summed E-state index contributed by atoms with van der Waals surface area (Å²) in [4.78, 5) is 29.1. The van der Waals surface area contributed by atoms with Crippen LogP contribution in [0.15, 0.2) is 103 Å². The lowest BCUT2D eigenvalue weighted by Gasteiger charge is -2.32. The predicted octanol–water partition coefficient (Wildman–Crippen LogP) is 7.28. The van der Waals surface area contributed by atoms with Gasteiger partial charge in [0, 0.05) is 28.2 Å². The van der Waals surface area contributed by atoms with Crippen LogP contribution in [0.2, 0.25) is 15.1 Å². The quantitative estimate of drug-likeness (QED) is 0.238. The van der Waals surface area contributed by atoms with Crippen molar-refractivity contribution < 1.29 is 9.59 Å². The van der Waals surface area contributed by atoms with Gasteiger partial charge in [0.25, 0.3) is 0 Å². The summed E-state index contributed by atoms with van der Waals surface area (Å²) in [7, 11) is 0. The van der Waals surface area contributed by atoms with Crippen molar-refractivity contribution in [3.05, 3.63) is 140 Å². The molecule has 4 rings (SSSR count). The molecule has 0 heterocycles. The fraction of sp³-hybridized carbons (Fsp3) is 0.133. The van der Waals surface area contributed by atoms with E-state index in [2.05, 4.69) is 5.32 Å². The summed E-state index contributed by atoms with van der Waals surface area (Å²) in [6.07, 6.45) is 0.129. The van der Waals surface area contributed by atoms with Gasteiger partial charge in [0.2, 0.25) is 11.8 Å². The van der Waals surface area contributed by atoms with E-state index in [1.54, 1.807) is 35.2 Å². The van der Waals surface area contributed by atoms with Crippen molar-refractivity contribution in [2.75, 3.05) is 0 Å². The number of benzene rings is 4. The molecule has 4 nitrogen and oxygen atoms in total. The van der Waals surface area contributed by atoms with Gasteiger partial charge >= 0.3 is 0 Å². The second-order valence-corrected chi connectivity index (χ2v) is 9.86. The maximum Gasteiger partial charge on any atom is 0.247 e. The SMILES string of the molecule is O=C(NCc1ccc(Cl)cc1Cl)[C@@H](c1ccccc1)N(Cc1ccccc1)C(=O)Cc1ccc(Cl)cc1. The Bertz CT molecular complexity index is 1350. The lowest BCUT2D eigenvalue weighted by molar-refractivity contribution is -0.141. The molecule has 0 aliphatic heterocycles. The Labute approximate surface area is 231 Å². The first-order valence-corrected chi connectivity index (χ1v) is 12.9. The lowest BCUT2D eigenvalue weighted by Crippen LogP contribution is -2.43. The number of hydrogen-bond acceptors (Lipinski definition) is 2. The maximum absolute atomic E-state index is 13.8. The molecule has 0 aliphatic carbocycles. The van der Waals surface area contributed by atoms with Gasteiger partial charge in [-0.3, -0.25) is 9.59 Å². The van der Waals surface area contributed by atoms with Crippen LogP contribution in [-0.4, -0.2) is 16.7 Å².